The fraction of sp³-hybridized carbons (Fsp3) is 0.412. The zero-order valence-electron chi connectivity index (χ0n) is 37.3. The van der Waals surface area contributed by atoms with Crippen LogP contribution in [0.2, 0.25) is 0 Å². The summed E-state index contributed by atoms with van der Waals surface area (Å²) < 4.78 is 12.2. The molecule has 0 radical (unpaired) electrons. The number of nitrogens with zero attached hydrogens (tertiary/aromatic N) is 2. The first-order chi connectivity index (χ1) is 30.9. The smallest absolute Gasteiger partial charge is 0.226 e. The van der Waals surface area contributed by atoms with Crippen molar-refractivity contribution in [2.45, 2.75) is 83.7 Å². The molecule has 64 heavy (non-hydrogen) atoms. The van der Waals surface area contributed by atoms with E-state index < -0.39 is 41.5 Å². The van der Waals surface area contributed by atoms with Gasteiger partial charge in [0.25, 0.3) is 0 Å². The number of benzene rings is 4. The van der Waals surface area contributed by atoms with Crippen molar-refractivity contribution < 1.29 is 33.4 Å². The van der Waals surface area contributed by atoms with Crippen LogP contribution in [-0.4, -0.2) is 80.0 Å². The fourth-order valence-corrected chi connectivity index (χ4v) is 8.08. The predicted molar refractivity (Wildman–Crippen MR) is 247 cm³/mol. The third kappa shape index (κ3) is 12.7. The lowest BCUT2D eigenvalue weighted by atomic mass is 9.88. The van der Waals surface area contributed by atoms with E-state index in [-0.39, 0.29) is 82.9 Å². The second kappa shape index (κ2) is 24.0. The van der Waals surface area contributed by atoms with Crippen LogP contribution >= 0.6 is 0 Å². The summed E-state index contributed by atoms with van der Waals surface area (Å²) in [6.07, 6.45) is 3.07. The van der Waals surface area contributed by atoms with Crippen LogP contribution in [0.25, 0.3) is 22.3 Å². The van der Waals surface area contributed by atoms with E-state index in [0.717, 1.165) is 30.4 Å². The Labute approximate surface area is 376 Å². The van der Waals surface area contributed by atoms with E-state index in [4.69, 9.17) is 26.7 Å². The topological polar surface area (TPSA) is 221 Å². The average Bonchev–Trinajstić information content (AvgIpc) is 3.30. The number of nitrogens with two attached hydrogens (primary N) is 3. The second-order valence-corrected chi connectivity index (χ2v) is 16.5. The van der Waals surface area contributed by atoms with Gasteiger partial charge in [0.15, 0.2) is 17.3 Å². The Kier molecular flexibility index (Phi) is 18.3. The highest BCUT2D eigenvalue weighted by atomic mass is 16.5. The molecule has 5 rings (SSSR count). The Bertz CT molecular complexity index is 2290. The SMILES string of the molecule is CCCCc1ccc(-c2ccc(C(=O)C[C@@H](CCN)C(=O)N(C)[C@@H]3C(=O)C[C@@H](C)C(=O)N[C@H](C(=O)CCC#N)Cc4ccc(OCCN)c(c4)-c4cc3ccc4OCCN)cc2)cc1. The van der Waals surface area contributed by atoms with Crippen molar-refractivity contribution in [1.29, 1.82) is 5.26 Å². The van der Waals surface area contributed by atoms with Crippen LogP contribution in [0.15, 0.2) is 84.9 Å². The first-order valence-corrected chi connectivity index (χ1v) is 22.3. The van der Waals surface area contributed by atoms with Gasteiger partial charge in [-0.15, -0.1) is 0 Å². The molecule has 1 heterocycles. The van der Waals surface area contributed by atoms with E-state index in [1.165, 1.54) is 17.5 Å². The Hall–Kier alpha value is -6.20. The Morgan fingerprint density at radius 3 is 2.08 bits per heavy atom. The minimum atomic E-state index is -1.21. The van der Waals surface area contributed by atoms with Crippen LogP contribution in [0, 0.1) is 23.2 Å². The number of aryl methyl sites for hydroxylation is 1. The molecule has 4 atom stereocenters. The number of rotatable bonds is 20. The number of nitrogens with one attached hydrogen (secondary N) is 1. The number of amides is 2. The molecule has 0 unspecified atom stereocenters. The molecule has 4 aromatic carbocycles. The van der Waals surface area contributed by atoms with E-state index >= 15 is 0 Å². The first-order valence-electron chi connectivity index (χ1n) is 22.3. The minimum Gasteiger partial charge on any atom is -0.492 e. The molecular formula is C51H62N6O7. The van der Waals surface area contributed by atoms with Gasteiger partial charge in [0.2, 0.25) is 11.8 Å². The van der Waals surface area contributed by atoms with Gasteiger partial charge in [-0.3, -0.25) is 24.0 Å². The summed E-state index contributed by atoms with van der Waals surface area (Å²) in [6, 6.07) is 26.1. The Morgan fingerprint density at radius 1 is 0.844 bits per heavy atom. The maximum atomic E-state index is 14.7. The quantitative estimate of drug-likeness (QED) is 0.0724. The maximum Gasteiger partial charge on any atom is 0.226 e. The van der Waals surface area contributed by atoms with Crippen LogP contribution in [0.5, 0.6) is 11.5 Å². The van der Waals surface area contributed by atoms with Gasteiger partial charge in [-0.2, -0.15) is 5.26 Å². The number of carbonyl (C=O) groups excluding carboxylic acids is 5. The van der Waals surface area contributed by atoms with E-state index in [1.807, 2.05) is 24.3 Å². The molecule has 338 valence electrons. The zero-order chi connectivity index (χ0) is 46.2. The molecule has 0 saturated carbocycles. The van der Waals surface area contributed by atoms with Crippen molar-refractivity contribution in [3.05, 3.63) is 107 Å². The number of fused-ring (bicyclic) bond motifs is 5. The molecule has 0 aromatic heterocycles. The molecule has 0 aliphatic carbocycles. The summed E-state index contributed by atoms with van der Waals surface area (Å²) in [5, 5.41) is 12.1. The minimum absolute atomic E-state index is 0.0235. The normalized spacial score (nSPS) is 16.7. The van der Waals surface area contributed by atoms with Crippen molar-refractivity contribution in [3.63, 3.8) is 0 Å². The third-order valence-corrected chi connectivity index (χ3v) is 11.6. The van der Waals surface area contributed by atoms with Crippen LogP contribution in [0.1, 0.15) is 91.9 Å². The van der Waals surface area contributed by atoms with Gasteiger partial charge in [0.05, 0.1) is 12.1 Å². The molecule has 7 N–H and O–H groups in total. The van der Waals surface area contributed by atoms with E-state index in [0.29, 0.717) is 39.3 Å². The average molecular weight is 871 g/mol. The summed E-state index contributed by atoms with van der Waals surface area (Å²) in [6.45, 7) is 4.69. The predicted octanol–water partition coefficient (Wildman–Crippen LogP) is 6.28. The first kappa shape index (κ1) is 48.8. The number of unbranched alkanes of at least 4 members (excludes halogenated alkanes) is 1. The number of nitriles is 1. The number of hydrogen-bond acceptors (Lipinski definition) is 11. The summed E-state index contributed by atoms with van der Waals surface area (Å²) in [4.78, 5) is 71.8. The van der Waals surface area contributed by atoms with Gasteiger partial charge in [-0.1, -0.05) is 80.9 Å². The molecule has 13 heteroatoms. The monoisotopic (exact) mass is 870 g/mol. The van der Waals surface area contributed by atoms with Gasteiger partial charge in [0.1, 0.15) is 30.8 Å². The van der Waals surface area contributed by atoms with E-state index in [1.54, 1.807) is 49.4 Å². The number of ketones is 3. The number of ether oxygens (including phenoxy) is 2. The van der Waals surface area contributed by atoms with Crippen LogP contribution in [-0.2, 0) is 32.0 Å². The summed E-state index contributed by atoms with van der Waals surface area (Å²) in [5.74, 6) is -2.87. The van der Waals surface area contributed by atoms with Crippen molar-refractivity contribution in [2.24, 2.45) is 29.0 Å². The van der Waals surface area contributed by atoms with Gasteiger partial charge >= 0.3 is 0 Å². The lowest BCUT2D eigenvalue weighted by Crippen LogP contribution is -2.46. The van der Waals surface area contributed by atoms with Crippen molar-refractivity contribution in [2.75, 3.05) is 39.9 Å². The van der Waals surface area contributed by atoms with Crippen LogP contribution in [0.3, 0.4) is 0 Å². The maximum absolute atomic E-state index is 14.7. The van der Waals surface area contributed by atoms with Gasteiger partial charge < -0.3 is 36.9 Å². The third-order valence-electron chi connectivity index (χ3n) is 11.6. The highest BCUT2D eigenvalue weighted by molar-refractivity contribution is 6.00. The molecule has 13 nitrogen and oxygen atoms in total. The highest BCUT2D eigenvalue weighted by Gasteiger charge is 2.36. The van der Waals surface area contributed by atoms with Crippen LogP contribution in [0.4, 0.5) is 0 Å². The van der Waals surface area contributed by atoms with Crippen molar-refractivity contribution in [1.82, 2.24) is 10.2 Å². The zero-order valence-corrected chi connectivity index (χ0v) is 37.3. The Balaban J connectivity index is 1.53. The van der Waals surface area contributed by atoms with Gasteiger partial charge in [-0.25, -0.2) is 0 Å². The molecule has 4 aromatic rings. The molecule has 0 fully saturated rings. The summed E-state index contributed by atoms with van der Waals surface area (Å²) >= 11 is 0. The summed E-state index contributed by atoms with van der Waals surface area (Å²) in [7, 11) is 1.52. The van der Waals surface area contributed by atoms with E-state index in [9.17, 15) is 29.2 Å². The standard InChI is InChI=1S/C51H62N6O7/c1-4-5-7-34-9-12-36(13-10-34)37-14-16-38(17-15-37)45(59)32-40(21-23-53)51(62)57(3)49-39-18-20-48(64-27-25-55)42(31-39)41-29-35(11-19-47(41)63-26-24-54)30-43(44(58)8-6-22-52)56-50(61)33(2)28-46(49)60/h9-20,29,31,33,40,43,49H,4-8,21,23-28,30,32,53-55H2,1-3H3,(H,56,61)/t33-,40-,43+,49+/m1/s1. The van der Waals surface area contributed by atoms with Gasteiger partial charge in [-0.05, 0) is 84.3 Å². The highest BCUT2D eigenvalue weighted by Crippen LogP contribution is 2.41. The lowest BCUT2D eigenvalue weighted by molar-refractivity contribution is -0.142. The molecule has 2 amide bonds. The molecule has 4 bridgehead atoms. The van der Waals surface area contributed by atoms with Crippen LogP contribution < -0.4 is 32.0 Å². The second-order valence-electron chi connectivity index (χ2n) is 16.5. The molecule has 0 saturated heterocycles. The number of carbonyl (C=O) groups is 5. The molecule has 0 spiro atoms. The number of likely N-dealkylation sites (N-methyl/N-ethyl adjacent to an activating group) is 1. The molecule has 1 aliphatic heterocycles. The lowest BCUT2D eigenvalue weighted by Gasteiger charge is -2.32. The van der Waals surface area contributed by atoms with Crippen molar-refractivity contribution >= 4 is 29.2 Å². The number of hydrogen-bond donors (Lipinski definition) is 4. The fourth-order valence-electron chi connectivity index (χ4n) is 8.08. The number of Topliss-reactive ketones (excluding diaryl/α,β-unsaturated/α-hetero) is 3. The van der Waals surface area contributed by atoms with Crippen molar-refractivity contribution in [3.8, 4) is 39.8 Å². The largest absolute Gasteiger partial charge is 0.492 e. The Morgan fingerprint density at radius 2 is 1.47 bits per heavy atom. The van der Waals surface area contributed by atoms with Gasteiger partial charge in [0, 0.05) is 74.3 Å². The molecular weight excluding hydrogens is 809 g/mol. The molecule has 1 aliphatic rings. The summed E-state index contributed by atoms with van der Waals surface area (Å²) in [5.41, 5.74) is 23.7. The van der Waals surface area contributed by atoms with E-state index in [2.05, 4.69) is 36.5 Å².